The van der Waals surface area contributed by atoms with Gasteiger partial charge in [-0.15, -0.1) is 0 Å². The summed E-state index contributed by atoms with van der Waals surface area (Å²) in [6.45, 7) is 6.73. The number of ether oxygens (including phenoxy) is 2. The standard InChI is InChI=1S/C29H39N7O5/c1-18(2)12-20-17-35-11-9-19-13-27(40-3)28(41-4)15-22(19)25(35)16-24(20)32-29(37)6-5-10-31-23-8-7-21(33-34-30)14-26(23)36(38)39/h7-8,13-15,18,20,24-25,31H,5-6,9-12,16-17H2,1-4H3,(H,32,37). The average Bonchev–Trinajstić information content (AvgIpc) is 2.95. The molecule has 2 aliphatic heterocycles. The number of amides is 1. The summed E-state index contributed by atoms with van der Waals surface area (Å²) in [7, 11) is 3.30. The fourth-order valence-electron chi connectivity index (χ4n) is 6.14. The molecule has 12 nitrogen and oxygen atoms in total. The van der Waals surface area contributed by atoms with Crippen LogP contribution in [0.2, 0.25) is 0 Å². The van der Waals surface area contributed by atoms with Crippen LogP contribution in [0, 0.1) is 22.0 Å². The van der Waals surface area contributed by atoms with Gasteiger partial charge in [-0.1, -0.05) is 25.0 Å². The molecule has 0 saturated carbocycles. The summed E-state index contributed by atoms with van der Waals surface area (Å²) in [4.78, 5) is 29.2. The number of nitro groups is 1. The number of azide groups is 1. The Kier molecular flexibility index (Phi) is 9.91. The second-order valence-electron chi connectivity index (χ2n) is 11.1. The van der Waals surface area contributed by atoms with E-state index < -0.39 is 4.92 Å². The molecule has 0 radical (unpaired) electrons. The monoisotopic (exact) mass is 565 g/mol. The lowest BCUT2D eigenvalue weighted by molar-refractivity contribution is -0.383. The molecule has 3 unspecified atom stereocenters. The predicted octanol–water partition coefficient (Wildman–Crippen LogP) is 5.90. The molecule has 2 aliphatic rings. The third kappa shape index (κ3) is 7.20. The smallest absolute Gasteiger partial charge is 0.292 e. The van der Waals surface area contributed by atoms with Gasteiger partial charge in [0.15, 0.2) is 11.5 Å². The molecule has 0 bridgehead atoms. The molecule has 12 heteroatoms. The number of nitrogens with one attached hydrogen (secondary N) is 2. The van der Waals surface area contributed by atoms with E-state index in [9.17, 15) is 14.9 Å². The maximum Gasteiger partial charge on any atom is 0.292 e. The highest BCUT2D eigenvalue weighted by Crippen LogP contribution is 2.43. The average molecular weight is 566 g/mol. The summed E-state index contributed by atoms with van der Waals surface area (Å²) in [6, 6.07) is 8.68. The first-order valence-electron chi connectivity index (χ1n) is 14.1. The number of carbonyl (C=O) groups excluding carboxylic acids is 1. The number of nitro benzene ring substituents is 1. The van der Waals surface area contributed by atoms with Gasteiger partial charge < -0.3 is 20.1 Å². The zero-order valence-electron chi connectivity index (χ0n) is 24.1. The van der Waals surface area contributed by atoms with Gasteiger partial charge in [0.25, 0.3) is 5.69 Å². The van der Waals surface area contributed by atoms with Crippen molar-refractivity contribution in [1.82, 2.24) is 10.2 Å². The molecule has 3 atom stereocenters. The number of methoxy groups -OCH3 is 2. The zero-order chi connectivity index (χ0) is 29.5. The minimum absolute atomic E-state index is 0.0180. The van der Waals surface area contributed by atoms with Gasteiger partial charge in [0.2, 0.25) is 5.91 Å². The van der Waals surface area contributed by atoms with E-state index in [1.807, 2.05) is 0 Å². The number of piperidine rings is 1. The molecule has 2 heterocycles. The van der Waals surface area contributed by atoms with Crippen molar-refractivity contribution >= 4 is 23.0 Å². The zero-order valence-corrected chi connectivity index (χ0v) is 24.1. The van der Waals surface area contributed by atoms with E-state index in [1.165, 1.54) is 29.3 Å². The van der Waals surface area contributed by atoms with Gasteiger partial charge in [0.05, 0.1) is 19.1 Å². The summed E-state index contributed by atoms with van der Waals surface area (Å²) in [5.74, 6) is 2.31. The van der Waals surface area contributed by atoms with Gasteiger partial charge in [0.1, 0.15) is 5.69 Å². The number of benzene rings is 2. The largest absolute Gasteiger partial charge is 0.493 e. The molecule has 2 N–H and O–H groups in total. The fourth-order valence-corrected chi connectivity index (χ4v) is 6.14. The number of rotatable bonds is 12. The molecule has 41 heavy (non-hydrogen) atoms. The Balaban J connectivity index is 1.40. The molecule has 0 aliphatic carbocycles. The van der Waals surface area contributed by atoms with Crippen LogP contribution in [0.3, 0.4) is 0 Å². The molecule has 0 spiro atoms. The molecule has 1 saturated heterocycles. The van der Waals surface area contributed by atoms with Crippen molar-refractivity contribution in [3.05, 3.63) is 62.0 Å². The highest BCUT2D eigenvalue weighted by Gasteiger charge is 2.40. The van der Waals surface area contributed by atoms with Crippen molar-refractivity contribution in [3.63, 3.8) is 0 Å². The highest BCUT2D eigenvalue weighted by molar-refractivity contribution is 5.76. The van der Waals surface area contributed by atoms with E-state index in [-0.39, 0.29) is 29.4 Å². The lowest BCUT2D eigenvalue weighted by Gasteiger charge is -2.48. The van der Waals surface area contributed by atoms with Gasteiger partial charge in [-0.3, -0.25) is 19.8 Å². The van der Waals surface area contributed by atoms with Gasteiger partial charge in [-0.05, 0) is 72.4 Å². The second kappa shape index (κ2) is 13.6. The van der Waals surface area contributed by atoms with Gasteiger partial charge in [-0.2, -0.15) is 0 Å². The van der Waals surface area contributed by atoms with Gasteiger partial charge >= 0.3 is 0 Å². The van der Waals surface area contributed by atoms with Crippen molar-refractivity contribution < 1.29 is 19.2 Å². The van der Waals surface area contributed by atoms with E-state index in [0.717, 1.165) is 43.9 Å². The fraction of sp³-hybridized carbons (Fsp3) is 0.552. The Labute approximate surface area is 240 Å². The lowest BCUT2D eigenvalue weighted by Crippen LogP contribution is -2.54. The van der Waals surface area contributed by atoms with Gasteiger partial charge in [0, 0.05) is 54.8 Å². The molecular formula is C29H39N7O5. The molecule has 2 aromatic carbocycles. The summed E-state index contributed by atoms with van der Waals surface area (Å²) in [6.07, 6.45) is 3.63. The van der Waals surface area contributed by atoms with Crippen molar-refractivity contribution in [1.29, 1.82) is 0 Å². The Hall–Kier alpha value is -4.02. The van der Waals surface area contributed by atoms with Crippen LogP contribution in [0.5, 0.6) is 11.5 Å². The number of carbonyl (C=O) groups is 1. The normalized spacial score (nSPS) is 19.9. The van der Waals surface area contributed by atoms with Crippen LogP contribution in [-0.2, 0) is 11.2 Å². The number of anilines is 1. The van der Waals surface area contributed by atoms with E-state index in [0.29, 0.717) is 36.9 Å². The van der Waals surface area contributed by atoms with E-state index in [4.69, 9.17) is 15.0 Å². The van der Waals surface area contributed by atoms with Crippen LogP contribution < -0.4 is 20.1 Å². The van der Waals surface area contributed by atoms with Crippen LogP contribution in [0.15, 0.2) is 35.4 Å². The summed E-state index contributed by atoms with van der Waals surface area (Å²) in [5.41, 5.74) is 11.4. The van der Waals surface area contributed by atoms with Crippen molar-refractivity contribution in [2.45, 2.75) is 58.0 Å². The first-order valence-corrected chi connectivity index (χ1v) is 14.1. The number of hydrogen-bond acceptors (Lipinski definition) is 8. The third-order valence-electron chi connectivity index (χ3n) is 7.98. The van der Waals surface area contributed by atoms with Crippen LogP contribution in [-0.4, -0.2) is 55.6 Å². The second-order valence-corrected chi connectivity index (χ2v) is 11.1. The van der Waals surface area contributed by atoms with Crippen molar-refractivity contribution in [2.24, 2.45) is 17.0 Å². The third-order valence-corrected chi connectivity index (χ3v) is 7.98. The first-order chi connectivity index (χ1) is 19.7. The van der Waals surface area contributed by atoms with Crippen molar-refractivity contribution in [3.8, 4) is 11.5 Å². The Morgan fingerprint density at radius 1 is 1.24 bits per heavy atom. The lowest BCUT2D eigenvalue weighted by atomic mass is 9.77. The Morgan fingerprint density at radius 3 is 2.68 bits per heavy atom. The van der Waals surface area contributed by atoms with Crippen LogP contribution in [0.25, 0.3) is 10.4 Å². The molecule has 1 fully saturated rings. The van der Waals surface area contributed by atoms with Crippen molar-refractivity contribution in [2.75, 3.05) is 39.2 Å². The van der Waals surface area contributed by atoms with Crippen LogP contribution in [0.1, 0.15) is 56.7 Å². The minimum Gasteiger partial charge on any atom is -0.493 e. The quantitative estimate of drug-likeness (QED) is 0.0811. The summed E-state index contributed by atoms with van der Waals surface area (Å²) in [5, 5.41) is 21.2. The molecule has 1 amide bonds. The van der Waals surface area contributed by atoms with Crippen LogP contribution in [0.4, 0.5) is 17.1 Å². The minimum atomic E-state index is -0.526. The number of nitrogens with zero attached hydrogens (tertiary/aromatic N) is 5. The Bertz CT molecular complexity index is 1310. The van der Waals surface area contributed by atoms with Gasteiger partial charge in [-0.25, -0.2) is 0 Å². The highest BCUT2D eigenvalue weighted by atomic mass is 16.6. The molecule has 0 aromatic heterocycles. The molecule has 220 valence electrons. The van der Waals surface area contributed by atoms with E-state index in [1.54, 1.807) is 14.2 Å². The van der Waals surface area contributed by atoms with E-state index in [2.05, 4.69) is 51.5 Å². The number of fused-ring (bicyclic) bond motifs is 3. The Morgan fingerprint density at radius 2 is 2.00 bits per heavy atom. The maximum absolute atomic E-state index is 13.1. The topological polar surface area (TPSA) is 155 Å². The predicted molar refractivity (Wildman–Crippen MR) is 157 cm³/mol. The summed E-state index contributed by atoms with van der Waals surface area (Å²) < 4.78 is 11.1. The molecule has 2 aromatic rings. The molecular weight excluding hydrogens is 526 g/mol. The molecule has 4 rings (SSSR count). The first kappa shape index (κ1) is 30.0. The number of hydrogen-bond donors (Lipinski definition) is 2. The SMILES string of the molecule is COc1cc2c(cc1OC)C1CC(NC(=O)CCCNc3ccc(N=[N+]=[N-])cc3[N+](=O)[O-])C(CC(C)C)CN1CC2. The maximum atomic E-state index is 13.1. The van der Waals surface area contributed by atoms with E-state index >= 15 is 0 Å². The van der Waals surface area contributed by atoms with Crippen LogP contribution >= 0.6 is 0 Å². The summed E-state index contributed by atoms with van der Waals surface area (Å²) >= 11 is 0.